The number of anilines is 1. The Balaban J connectivity index is 1.25. The van der Waals surface area contributed by atoms with Crippen molar-refractivity contribution in [3.05, 3.63) is 78.1 Å². The first-order chi connectivity index (χ1) is 16.9. The number of benzene rings is 2. The van der Waals surface area contributed by atoms with E-state index in [0.29, 0.717) is 18.0 Å². The monoisotopic (exact) mass is 497 g/mol. The summed E-state index contributed by atoms with van der Waals surface area (Å²) in [6.45, 7) is 1.95. The van der Waals surface area contributed by atoms with E-state index in [2.05, 4.69) is 20.1 Å². The zero-order chi connectivity index (χ0) is 24.4. The predicted molar refractivity (Wildman–Crippen MR) is 134 cm³/mol. The Bertz CT molecular complexity index is 1230. The van der Waals surface area contributed by atoms with Crippen molar-refractivity contribution in [3.8, 4) is 0 Å². The van der Waals surface area contributed by atoms with E-state index in [0.717, 1.165) is 43.4 Å². The molecule has 0 spiro atoms. The third kappa shape index (κ3) is 5.11. The maximum atomic E-state index is 15.1. The van der Waals surface area contributed by atoms with E-state index in [4.69, 9.17) is 0 Å². The lowest BCUT2D eigenvalue weighted by atomic mass is 9.91. The van der Waals surface area contributed by atoms with Gasteiger partial charge < -0.3 is 9.88 Å². The van der Waals surface area contributed by atoms with E-state index >= 15 is 4.39 Å². The number of rotatable bonds is 6. The summed E-state index contributed by atoms with van der Waals surface area (Å²) in [4.78, 5) is 0. The molecule has 1 saturated carbocycles. The van der Waals surface area contributed by atoms with Gasteiger partial charge in [-0.1, -0.05) is 36.4 Å². The highest BCUT2D eigenvalue weighted by Crippen LogP contribution is 2.38. The summed E-state index contributed by atoms with van der Waals surface area (Å²) in [5.74, 6) is -0.377. The third-order valence-corrected chi connectivity index (χ3v) is 9.87. The van der Waals surface area contributed by atoms with Gasteiger partial charge in [0.25, 0.3) is 0 Å². The first kappa shape index (κ1) is 23.9. The number of hydrogen-bond donors (Lipinski definition) is 1. The summed E-state index contributed by atoms with van der Waals surface area (Å²) in [7, 11) is -3.60. The van der Waals surface area contributed by atoms with Crippen molar-refractivity contribution in [1.82, 2.24) is 19.1 Å². The molecule has 0 amide bonds. The van der Waals surface area contributed by atoms with E-state index in [1.807, 2.05) is 43.3 Å². The van der Waals surface area contributed by atoms with Crippen molar-refractivity contribution in [2.45, 2.75) is 75.4 Å². The van der Waals surface area contributed by atoms with E-state index in [9.17, 15) is 8.42 Å². The minimum atomic E-state index is -3.60. The summed E-state index contributed by atoms with van der Waals surface area (Å²) in [6, 6.07) is 14.9. The molecule has 1 N–H and O–H groups in total. The second-order valence-corrected chi connectivity index (χ2v) is 11.8. The summed E-state index contributed by atoms with van der Waals surface area (Å²) >= 11 is 0. The van der Waals surface area contributed by atoms with Gasteiger partial charge in [-0.3, -0.25) is 0 Å². The van der Waals surface area contributed by atoms with Crippen LogP contribution >= 0.6 is 0 Å². The lowest BCUT2D eigenvalue weighted by Crippen LogP contribution is -2.44. The highest BCUT2D eigenvalue weighted by molar-refractivity contribution is 7.89. The van der Waals surface area contributed by atoms with E-state index in [1.54, 1.807) is 18.7 Å². The minimum absolute atomic E-state index is 0.0446. The van der Waals surface area contributed by atoms with Crippen LogP contribution in [0.15, 0.2) is 61.2 Å². The Morgan fingerprint density at radius 3 is 2.37 bits per heavy atom. The van der Waals surface area contributed by atoms with Gasteiger partial charge in [0.15, 0.2) is 0 Å². The molecule has 1 aromatic heterocycles. The van der Waals surface area contributed by atoms with Gasteiger partial charge in [0, 0.05) is 35.9 Å². The molecule has 0 radical (unpaired) electrons. The Hall–Kier alpha value is -2.78. The number of sulfonamides is 1. The molecule has 2 atom stereocenters. The number of aromatic nitrogens is 3. The molecule has 3 aromatic rings. The first-order valence-electron chi connectivity index (χ1n) is 12.4. The van der Waals surface area contributed by atoms with Crippen molar-refractivity contribution < 1.29 is 12.8 Å². The highest BCUT2D eigenvalue weighted by Gasteiger charge is 2.40. The van der Waals surface area contributed by atoms with Gasteiger partial charge in [-0.25, -0.2) is 12.8 Å². The number of nitrogens with one attached hydrogen (secondary N) is 1. The van der Waals surface area contributed by atoms with Gasteiger partial charge in [-0.2, -0.15) is 4.31 Å². The Morgan fingerprint density at radius 1 is 0.971 bits per heavy atom. The fourth-order valence-corrected chi connectivity index (χ4v) is 7.62. The third-order valence-electron chi connectivity index (χ3n) is 7.50. The summed E-state index contributed by atoms with van der Waals surface area (Å²) in [5, 5.41) is 10.7. The SMILES string of the molecule is CC1CCC(c2ccccc2)S(=O)(=O)N1Cc1ccc(NC2CCC(n3cnnc3)CC2)cc1F. The van der Waals surface area contributed by atoms with Gasteiger partial charge in [0.2, 0.25) is 10.0 Å². The Labute approximate surface area is 206 Å². The van der Waals surface area contributed by atoms with Crippen LogP contribution in [0.5, 0.6) is 0 Å². The number of nitrogens with zero attached hydrogens (tertiary/aromatic N) is 4. The average molecular weight is 498 g/mol. The van der Waals surface area contributed by atoms with Crippen LogP contribution in [0, 0.1) is 5.82 Å². The summed E-state index contributed by atoms with van der Waals surface area (Å²) in [5.41, 5.74) is 1.93. The Kier molecular flexibility index (Phi) is 6.88. The van der Waals surface area contributed by atoms with Gasteiger partial charge >= 0.3 is 0 Å². The van der Waals surface area contributed by atoms with Crippen LogP contribution in [0.1, 0.15) is 67.9 Å². The predicted octanol–water partition coefficient (Wildman–Crippen LogP) is 5.07. The second kappa shape index (κ2) is 10.1. The van der Waals surface area contributed by atoms with Crippen molar-refractivity contribution >= 4 is 15.7 Å². The fraction of sp³-hybridized carbons (Fsp3) is 0.462. The summed E-state index contributed by atoms with van der Waals surface area (Å²) < 4.78 is 45.6. The molecule has 2 unspecified atom stereocenters. The van der Waals surface area contributed by atoms with Crippen molar-refractivity contribution in [1.29, 1.82) is 0 Å². The van der Waals surface area contributed by atoms with Gasteiger partial charge in [0.05, 0.1) is 0 Å². The van der Waals surface area contributed by atoms with Crippen LogP contribution in [-0.4, -0.2) is 39.6 Å². The standard InChI is InChI=1S/C26H32FN5O2S/c1-19-7-14-26(20-5-3-2-4-6-20)35(33,34)32(19)16-21-8-9-23(15-25(21)27)30-22-10-12-24(13-11-22)31-17-28-29-18-31/h2-6,8-9,15,17-19,22,24,26,30H,7,10-14,16H2,1H3. The molecule has 9 heteroatoms. The van der Waals surface area contributed by atoms with Crippen LogP contribution in [-0.2, 0) is 16.6 Å². The maximum Gasteiger partial charge on any atom is 0.221 e. The zero-order valence-corrected chi connectivity index (χ0v) is 20.7. The van der Waals surface area contributed by atoms with Crippen LogP contribution in [0.4, 0.5) is 10.1 Å². The second-order valence-electron chi connectivity index (χ2n) is 9.78. The van der Waals surface area contributed by atoms with Gasteiger partial charge in [0.1, 0.15) is 23.7 Å². The first-order valence-corrected chi connectivity index (χ1v) is 13.9. The summed E-state index contributed by atoms with van der Waals surface area (Å²) in [6.07, 6.45) is 8.85. The maximum absolute atomic E-state index is 15.1. The van der Waals surface area contributed by atoms with Crippen molar-refractivity contribution in [2.75, 3.05) is 5.32 Å². The Morgan fingerprint density at radius 2 is 1.69 bits per heavy atom. The lowest BCUT2D eigenvalue weighted by molar-refractivity contribution is 0.279. The molecule has 1 saturated heterocycles. The molecule has 2 fully saturated rings. The molecule has 1 aliphatic heterocycles. The molecule has 0 bridgehead atoms. The van der Waals surface area contributed by atoms with Gasteiger partial charge in [-0.15, -0.1) is 10.2 Å². The normalized spacial score (nSPS) is 26.9. The van der Waals surface area contributed by atoms with Crippen LogP contribution in [0.25, 0.3) is 0 Å². The average Bonchev–Trinajstić information content (AvgIpc) is 3.39. The smallest absolute Gasteiger partial charge is 0.221 e. The van der Waals surface area contributed by atoms with Crippen molar-refractivity contribution in [3.63, 3.8) is 0 Å². The molecule has 1 aliphatic carbocycles. The fourth-order valence-electron chi connectivity index (χ4n) is 5.44. The van der Waals surface area contributed by atoms with Gasteiger partial charge in [-0.05, 0) is 63.1 Å². The topological polar surface area (TPSA) is 80.1 Å². The molecule has 35 heavy (non-hydrogen) atoms. The number of halogens is 1. The number of hydrogen-bond acceptors (Lipinski definition) is 5. The largest absolute Gasteiger partial charge is 0.382 e. The van der Waals surface area contributed by atoms with Crippen LogP contribution in [0.2, 0.25) is 0 Å². The molecule has 2 aromatic carbocycles. The highest BCUT2D eigenvalue weighted by atomic mass is 32.2. The van der Waals surface area contributed by atoms with Crippen LogP contribution in [0.3, 0.4) is 0 Å². The molecule has 186 valence electrons. The van der Waals surface area contributed by atoms with E-state index in [-0.39, 0.29) is 24.4 Å². The van der Waals surface area contributed by atoms with Crippen molar-refractivity contribution in [2.24, 2.45) is 0 Å². The molecule has 5 rings (SSSR count). The molecule has 2 aliphatic rings. The minimum Gasteiger partial charge on any atom is -0.382 e. The molecule has 7 nitrogen and oxygen atoms in total. The molecular formula is C26H32FN5O2S. The van der Waals surface area contributed by atoms with E-state index < -0.39 is 15.3 Å². The lowest BCUT2D eigenvalue weighted by Gasteiger charge is -2.37. The molecular weight excluding hydrogens is 465 g/mol. The van der Waals surface area contributed by atoms with E-state index in [1.165, 1.54) is 10.4 Å². The quantitative estimate of drug-likeness (QED) is 0.514. The zero-order valence-electron chi connectivity index (χ0n) is 19.9. The molecule has 2 heterocycles. The van der Waals surface area contributed by atoms with Crippen LogP contribution < -0.4 is 5.32 Å².